The largest absolute Gasteiger partial charge is 0.333 e. The molecule has 1 aromatic rings. The third kappa shape index (κ3) is 4.32. The Morgan fingerprint density at radius 3 is 2.95 bits per heavy atom. The Morgan fingerprint density at radius 1 is 1.42 bits per heavy atom. The minimum Gasteiger partial charge on any atom is -0.333 e. The van der Waals surface area contributed by atoms with E-state index in [-0.39, 0.29) is 0 Å². The summed E-state index contributed by atoms with van der Waals surface area (Å²) in [6, 6.07) is 0.826. The minimum absolute atomic E-state index is 0.826. The van der Waals surface area contributed by atoms with Gasteiger partial charge in [-0.15, -0.1) is 0 Å². The van der Waals surface area contributed by atoms with Gasteiger partial charge in [0.05, 0.1) is 12.0 Å². The smallest absolute Gasteiger partial charge is 0.0948 e. The van der Waals surface area contributed by atoms with E-state index in [1.54, 1.807) is 0 Å². The highest BCUT2D eigenvalue weighted by atomic mass is 15.1. The third-order valence-corrected chi connectivity index (χ3v) is 4.16. The lowest BCUT2D eigenvalue weighted by Gasteiger charge is -2.24. The fourth-order valence-electron chi connectivity index (χ4n) is 2.94. The van der Waals surface area contributed by atoms with Gasteiger partial charge in [-0.3, -0.25) is 0 Å². The van der Waals surface area contributed by atoms with Crippen molar-refractivity contribution < 1.29 is 0 Å². The monoisotopic (exact) mass is 264 g/mol. The summed E-state index contributed by atoms with van der Waals surface area (Å²) >= 11 is 0. The Balaban J connectivity index is 1.64. The first-order valence-electron chi connectivity index (χ1n) is 7.71. The zero-order chi connectivity index (χ0) is 13.5. The maximum atomic E-state index is 4.23. The molecule has 1 heterocycles. The number of nitrogens with zero attached hydrogens (tertiary/aromatic N) is 3. The minimum atomic E-state index is 0.826. The molecule has 0 unspecified atom stereocenters. The second-order valence-electron chi connectivity index (χ2n) is 5.67. The lowest BCUT2D eigenvalue weighted by Crippen LogP contribution is -2.35. The van der Waals surface area contributed by atoms with Crippen LogP contribution in [0.2, 0.25) is 0 Å². The lowest BCUT2D eigenvalue weighted by atomic mass is 10.2. The first-order chi connectivity index (χ1) is 9.31. The Labute approximate surface area is 117 Å². The van der Waals surface area contributed by atoms with Crippen molar-refractivity contribution in [1.82, 2.24) is 19.8 Å². The molecule has 4 nitrogen and oxygen atoms in total. The molecule has 1 aromatic heterocycles. The van der Waals surface area contributed by atoms with Crippen LogP contribution < -0.4 is 5.32 Å². The van der Waals surface area contributed by atoms with Crippen LogP contribution in [0.3, 0.4) is 0 Å². The summed E-state index contributed by atoms with van der Waals surface area (Å²) < 4.78 is 2.24. The molecule has 0 aliphatic heterocycles. The molecule has 0 bridgehead atoms. The molecule has 0 spiro atoms. The molecule has 0 saturated heterocycles. The zero-order valence-electron chi connectivity index (χ0n) is 12.4. The van der Waals surface area contributed by atoms with E-state index in [0.29, 0.717) is 0 Å². The highest BCUT2D eigenvalue weighted by Gasteiger charge is 2.18. The maximum Gasteiger partial charge on any atom is 0.0948 e. The molecule has 1 aliphatic rings. The molecule has 108 valence electrons. The first-order valence-corrected chi connectivity index (χ1v) is 7.71. The summed E-state index contributed by atoms with van der Waals surface area (Å²) in [4.78, 5) is 6.75. The van der Waals surface area contributed by atoms with E-state index in [1.165, 1.54) is 31.4 Å². The van der Waals surface area contributed by atoms with Crippen LogP contribution in [0.15, 0.2) is 12.5 Å². The van der Waals surface area contributed by atoms with E-state index in [1.807, 2.05) is 12.5 Å². The Hall–Kier alpha value is -0.870. The second kappa shape index (κ2) is 7.65. The van der Waals surface area contributed by atoms with Crippen molar-refractivity contribution in [2.24, 2.45) is 0 Å². The van der Waals surface area contributed by atoms with Crippen LogP contribution in [-0.2, 0) is 13.1 Å². The quantitative estimate of drug-likeness (QED) is 0.731. The number of hydrogen-bond donors (Lipinski definition) is 1. The van der Waals surface area contributed by atoms with E-state index < -0.39 is 0 Å². The van der Waals surface area contributed by atoms with Crippen molar-refractivity contribution in [3.63, 3.8) is 0 Å². The summed E-state index contributed by atoms with van der Waals surface area (Å²) in [5.41, 5.74) is 1.30. The summed E-state index contributed by atoms with van der Waals surface area (Å²) in [5, 5.41) is 3.54. The van der Waals surface area contributed by atoms with Gasteiger partial charge in [0, 0.05) is 38.4 Å². The van der Waals surface area contributed by atoms with Gasteiger partial charge in [-0.2, -0.15) is 0 Å². The standard InChI is InChI=1S/C15H28N4/c1-3-9-19-13-17-12-15(19)11-16-8-10-18(2)14-6-4-5-7-14/h12-14,16H,3-11H2,1-2H3. The molecule has 4 heteroatoms. The summed E-state index contributed by atoms with van der Waals surface area (Å²) in [6.07, 6.45) is 10.7. The van der Waals surface area contributed by atoms with E-state index >= 15 is 0 Å². The summed E-state index contributed by atoms with van der Waals surface area (Å²) in [7, 11) is 2.26. The average molecular weight is 264 g/mol. The zero-order valence-corrected chi connectivity index (χ0v) is 12.4. The fourth-order valence-corrected chi connectivity index (χ4v) is 2.94. The van der Waals surface area contributed by atoms with Gasteiger partial charge in [-0.25, -0.2) is 4.98 Å². The fraction of sp³-hybridized carbons (Fsp3) is 0.800. The van der Waals surface area contributed by atoms with Crippen molar-refractivity contribution in [3.8, 4) is 0 Å². The first kappa shape index (κ1) is 14.5. The molecule has 1 fully saturated rings. The summed E-state index contributed by atoms with van der Waals surface area (Å²) in [6.45, 7) is 6.40. The number of nitrogens with one attached hydrogen (secondary N) is 1. The van der Waals surface area contributed by atoms with Crippen molar-refractivity contribution in [3.05, 3.63) is 18.2 Å². The molecule has 0 amide bonds. The van der Waals surface area contributed by atoms with Crippen LogP contribution in [0.25, 0.3) is 0 Å². The lowest BCUT2D eigenvalue weighted by molar-refractivity contribution is 0.245. The van der Waals surface area contributed by atoms with Crippen LogP contribution >= 0.6 is 0 Å². The Bertz CT molecular complexity index is 355. The van der Waals surface area contributed by atoms with Gasteiger partial charge in [0.2, 0.25) is 0 Å². The van der Waals surface area contributed by atoms with Crippen molar-refractivity contribution in [2.75, 3.05) is 20.1 Å². The molecule has 1 N–H and O–H groups in total. The predicted molar refractivity (Wildman–Crippen MR) is 79.1 cm³/mol. The van der Waals surface area contributed by atoms with E-state index in [0.717, 1.165) is 38.6 Å². The molecule has 0 aromatic carbocycles. The molecule has 0 radical (unpaired) electrons. The van der Waals surface area contributed by atoms with Gasteiger partial charge in [-0.05, 0) is 26.3 Å². The highest BCUT2D eigenvalue weighted by Crippen LogP contribution is 2.21. The van der Waals surface area contributed by atoms with E-state index in [9.17, 15) is 0 Å². The molecule has 19 heavy (non-hydrogen) atoms. The number of imidazole rings is 1. The second-order valence-corrected chi connectivity index (χ2v) is 5.67. The molecule has 1 aliphatic carbocycles. The predicted octanol–water partition coefficient (Wildman–Crippen LogP) is 2.26. The number of aromatic nitrogens is 2. The van der Waals surface area contributed by atoms with Gasteiger partial charge in [0.15, 0.2) is 0 Å². The Morgan fingerprint density at radius 2 is 2.21 bits per heavy atom. The van der Waals surface area contributed by atoms with Crippen LogP contribution in [0.4, 0.5) is 0 Å². The van der Waals surface area contributed by atoms with Crippen molar-refractivity contribution in [1.29, 1.82) is 0 Å². The van der Waals surface area contributed by atoms with Crippen LogP contribution in [0.5, 0.6) is 0 Å². The van der Waals surface area contributed by atoms with E-state index in [4.69, 9.17) is 0 Å². The molecular weight excluding hydrogens is 236 g/mol. The van der Waals surface area contributed by atoms with E-state index in [2.05, 4.69) is 33.7 Å². The number of rotatable bonds is 8. The maximum absolute atomic E-state index is 4.23. The molecule has 1 saturated carbocycles. The van der Waals surface area contributed by atoms with Crippen LogP contribution in [-0.4, -0.2) is 40.6 Å². The Kier molecular flexibility index (Phi) is 5.86. The van der Waals surface area contributed by atoms with Crippen molar-refractivity contribution in [2.45, 2.75) is 58.2 Å². The van der Waals surface area contributed by atoms with Gasteiger partial charge in [-0.1, -0.05) is 19.8 Å². The van der Waals surface area contributed by atoms with Crippen LogP contribution in [0.1, 0.15) is 44.7 Å². The molecule has 2 rings (SSSR count). The third-order valence-electron chi connectivity index (χ3n) is 4.16. The number of hydrogen-bond acceptors (Lipinski definition) is 3. The molecule has 0 atom stereocenters. The van der Waals surface area contributed by atoms with Crippen LogP contribution in [0, 0.1) is 0 Å². The summed E-state index contributed by atoms with van der Waals surface area (Å²) in [5.74, 6) is 0. The number of aryl methyl sites for hydroxylation is 1. The number of likely N-dealkylation sites (N-methyl/N-ethyl adjacent to an activating group) is 1. The average Bonchev–Trinajstić information content (AvgIpc) is 3.06. The van der Waals surface area contributed by atoms with Gasteiger partial charge in [0.25, 0.3) is 0 Å². The normalized spacial score (nSPS) is 16.6. The van der Waals surface area contributed by atoms with Crippen molar-refractivity contribution >= 4 is 0 Å². The topological polar surface area (TPSA) is 33.1 Å². The SMILES string of the molecule is CCCn1cncc1CNCCN(C)C1CCCC1. The highest BCUT2D eigenvalue weighted by molar-refractivity contribution is 4.97. The molecular formula is C15H28N4. The van der Waals surface area contributed by atoms with Gasteiger partial charge >= 0.3 is 0 Å². The van der Waals surface area contributed by atoms with Gasteiger partial charge in [0.1, 0.15) is 0 Å². The van der Waals surface area contributed by atoms with Gasteiger partial charge < -0.3 is 14.8 Å².